The zero-order valence-electron chi connectivity index (χ0n) is 8.58. The second kappa shape index (κ2) is 5.66. The standard InChI is InChI=1S/C11H19NOS/c1-2-6-13-10(4-1)8-12-9-11-5-3-7-14-11/h2,6,10-12H,1,3-5,7-9H2. The van der Waals surface area contributed by atoms with Crippen molar-refractivity contribution in [2.45, 2.75) is 37.0 Å². The number of hydrogen-bond acceptors (Lipinski definition) is 3. The lowest BCUT2D eigenvalue weighted by molar-refractivity contribution is 0.122. The summed E-state index contributed by atoms with van der Waals surface area (Å²) >= 11 is 2.11. The summed E-state index contributed by atoms with van der Waals surface area (Å²) in [5.41, 5.74) is 0. The van der Waals surface area contributed by atoms with E-state index in [4.69, 9.17) is 4.74 Å². The lowest BCUT2D eigenvalue weighted by Crippen LogP contribution is -2.32. The van der Waals surface area contributed by atoms with Gasteiger partial charge in [-0.3, -0.25) is 0 Å². The minimum absolute atomic E-state index is 0.409. The van der Waals surface area contributed by atoms with E-state index >= 15 is 0 Å². The Bertz CT molecular complexity index is 190. The van der Waals surface area contributed by atoms with Crippen LogP contribution in [0.3, 0.4) is 0 Å². The molecule has 0 amide bonds. The zero-order valence-corrected chi connectivity index (χ0v) is 9.39. The van der Waals surface area contributed by atoms with E-state index < -0.39 is 0 Å². The fourth-order valence-corrected chi connectivity index (χ4v) is 3.18. The van der Waals surface area contributed by atoms with Gasteiger partial charge in [0.1, 0.15) is 6.10 Å². The van der Waals surface area contributed by atoms with Gasteiger partial charge in [-0.1, -0.05) is 0 Å². The maximum atomic E-state index is 5.49. The molecule has 0 radical (unpaired) electrons. The third-order valence-corrected chi connectivity index (χ3v) is 4.19. The van der Waals surface area contributed by atoms with E-state index in [0.717, 1.165) is 18.3 Å². The van der Waals surface area contributed by atoms with E-state index in [1.807, 2.05) is 6.26 Å². The molecule has 80 valence electrons. The van der Waals surface area contributed by atoms with Crippen molar-refractivity contribution >= 4 is 11.8 Å². The fourth-order valence-electron chi connectivity index (χ4n) is 1.95. The molecule has 0 bridgehead atoms. The third kappa shape index (κ3) is 3.21. The molecule has 1 fully saturated rings. The second-order valence-electron chi connectivity index (χ2n) is 4.00. The lowest BCUT2D eigenvalue weighted by Gasteiger charge is -2.20. The van der Waals surface area contributed by atoms with Crippen molar-refractivity contribution in [1.29, 1.82) is 0 Å². The summed E-state index contributed by atoms with van der Waals surface area (Å²) in [6.07, 6.45) is 9.49. The van der Waals surface area contributed by atoms with Crippen LogP contribution in [-0.2, 0) is 4.74 Å². The van der Waals surface area contributed by atoms with Crippen LogP contribution in [0, 0.1) is 0 Å². The lowest BCUT2D eigenvalue weighted by atomic mass is 10.1. The van der Waals surface area contributed by atoms with Crippen molar-refractivity contribution in [2.24, 2.45) is 0 Å². The van der Waals surface area contributed by atoms with Crippen molar-refractivity contribution in [2.75, 3.05) is 18.8 Å². The Morgan fingerprint density at radius 2 is 2.36 bits per heavy atom. The Kier molecular flexibility index (Phi) is 4.20. The molecule has 2 heterocycles. The summed E-state index contributed by atoms with van der Waals surface area (Å²) in [7, 11) is 0. The molecule has 2 unspecified atom stereocenters. The Hall–Kier alpha value is -0.150. The van der Waals surface area contributed by atoms with Crippen LogP contribution in [0.15, 0.2) is 12.3 Å². The largest absolute Gasteiger partial charge is 0.497 e. The molecule has 2 aliphatic rings. The Balaban J connectivity index is 1.55. The molecule has 2 nitrogen and oxygen atoms in total. The normalized spacial score (nSPS) is 31.7. The van der Waals surface area contributed by atoms with Gasteiger partial charge >= 0.3 is 0 Å². The first-order valence-corrected chi connectivity index (χ1v) is 6.63. The Labute approximate surface area is 90.5 Å². The van der Waals surface area contributed by atoms with Gasteiger partial charge in [0.2, 0.25) is 0 Å². The number of ether oxygens (including phenoxy) is 1. The predicted molar refractivity (Wildman–Crippen MR) is 61.6 cm³/mol. The highest BCUT2D eigenvalue weighted by atomic mass is 32.2. The molecule has 0 aliphatic carbocycles. The van der Waals surface area contributed by atoms with Crippen LogP contribution in [0.1, 0.15) is 25.7 Å². The molecular weight excluding hydrogens is 194 g/mol. The average Bonchev–Trinajstić information content (AvgIpc) is 2.72. The topological polar surface area (TPSA) is 21.3 Å². The second-order valence-corrected chi connectivity index (χ2v) is 5.41. The van der Waals surface area contributed by atoms with Crippen LogP contribution in [0.25, 0.3) is 0 Å². The minimum Gasteiger partial charge on any atom is -0.497 e. The van der Waals surface area contributed by atoms with E-state index in [1.165, 1.54) is 31.4 Å². The summed E-state index contributed by atoms with van der Waals surface area (Å²) in [6, 6.07) is 0. The molecule has 1 saturated heterocycles. The molecule has 0 spiro atoms. The summed E-state index contributed by atoms with van der Waals surface area (Å²) in [4.78, 5) is 0. The first-order chi connectivity index (χ1) is 6.95. The van der Waals surface area contributed by atoms with Gasteiger partial charge in [-0.25, -0.2) is 0 Å². The van der Waals surface area contributed by atoms with Crippen molar-refractivity contribution in [3.05, 3.63) is 12.3 Å². The number of thioether (sulfide) groups is 1. The van der Waals surface area contributed by atoms with Crippen molar-refractivity contribution in [3.8, 4) is 0 Å². The highest BCUT2D eigenvalue weighted by Crippen LogP contribution is 2.25. The smallest absolute Gasteiger partial charge is 0.110 e. The summed E-state index contributed by atoms with van der Waals surface area (Å²) in [5, 5.41) is 4.37. The van der Waals surface area contributed by atoms with E-state index in [0.29, 0.717) is 6.10 Å². The van der Waals surface area contributed by atoms with Gasteiger partial charge in [-0.15, -0.1) is 0 Å². The van der Waals surface area contributed by atoms with E-state index in [2.05, 4.69) is 23.2 Å². The maximum absolute atomic E-state index is 5.49. The van der Waals surface area contributed by atoms with Crippen LogP contribution in [-0.4, -0.2) is 30.2 Å². The molecule has 0 aromatic carbocycles. The fraction of sp³-hybridized carbons (Fsp3) is 0.818. The molecule has 2 aliphatic heterocycles. The van der Waals surface area contributed by atoms with Gasteiger partial charge in [0, 0.05) is 18.3 Å². The molecule has 3 heteroatoms. The molecule has 2 atom stereocenters. The zero-order chi connectivity index (χ0) is 9.64. The molecule has 1 N–H and O–H groups in total. The minimum atomic E-state index is 0.409. The molecule has 14 heavy (non-hydrogen) atoms. The third-order valence-electron chi connectivity index (χ3n) is 2.79. The van der Waals surface area contributed by atoms with Crippen LogP contribution in [0.5, 0.6) is 0 Å². The van der Waals surface area contributed by atoms with Gasteiger partial charge in [0.15, 0.2) is 0 Å². The predicted octanol–water partition coefficient (Wildman–Crippen LogP) is 2.16. The van der Waals surface area contributed by atoms with Gasteiger partial charge in [-0.2, -0.15) is 11.8 Å². The van der Waals surface area contributed by atoms with E-state index in [-0.39, 0.29) is 0 Å². The highest BCUT2D eigenvalue weighted by molar-refractivity contribution is 8.00. The van der Waals surface area contributed by atoms with Crippen molar-refractivity contribution in [1.82, 2.24) is 5.32 Å². The summed E-state index contributed by atoms with van der Waals surface area (Å²) in [5.74, 6) is 1.36. The quantitative estimate of drug-likeness (QED) is 0.773. The van der Waals surface area contributed by atoms with Crippen LogP contribution in [0.2, 0.25) is 0 Å². The number of nitrogens with one attached hydrogen (secondary N) is 1. The first-order valence-electron chi connectivity index (χ1n) is 5.58. The molecular formula is C11H19NOS. The Morgan fingerprint density at radius 3 is 3.07 bits per heavy atom. The molecule has 0 aromatic rings. The van der Waals surface area contributed by atoms with E-state index in [9.17, 15) is 0 Å². The van der Waals surface area contributed by atoms with E-state index in [1.54, 1.807) is 0 Å². The SMILES string of the molecule is C1=COC(CNCC2CCCS2)CC1. The molecule has 0 aromatic heterocycles. The van der Waals surface area contributed by atoms with Crippen LogP contribution < -0.4 is 5.32 Å². The molecule has 2 rings (SSSR count). The summed E-state index contributed by atoms with van der Waals surface area (Å²) < 4.78 is 5.49. The van der Waals surface area contributed by atoms with Crippen molar-refractivity contribution < 1.29 is 4.74 Å². The number of rotatable bonds is 4. The molecule has 0 saturated carbocycles. The van der Waals surface area contributed by atoms with Gasteiger partial charge in [0.25, 0.3) is 0 Å². The number of allylic oxidation sites excluding steroid dienone is 1. The average molecular weight is 213 g/mol. The van der Waals surface area contributed by atoms with Gasteiger partial charge in [0.05, 0.1) is 6.26 Å². The maximum Gasteiger partial charge on any atom is 0.110 e. The highest BCUT2D eigenvalue weighted by Gasteiger charge is 2.16. The summed E-state index contributed by atoms with van der Waals surface area (Å²) in [6.45, 7) is 2.18. The number of hydrogen-bond donors (Lipinski definition) is 1. The Morgan fingerprint density at radius 1 is 1.36 bits per heavy atom. The van der Waals surface area contributed by atoms with Gasteiger partial charge in [-0.05, 0) is 37.5 Å². The van der Waals surface area contributed by atoms with Crippen LogP contribution in [0.4, 0.5) is 0 Å². The van der Waals surface area contributed by atoms with Gasteiger partial charge < -0.3 is 10.1 Å². The van der Waals surface area contributed by atoms with Crippen LogP contribution >= 0.6 is 11.8 Å². The van der Waals surface area contributed by atoms with Crippen molar-refractivity contribution in [3.63, 3.8) is 0 Å². The monoisotopic (exact) mass is 213 g/mol. The first kappa shape index (κ1) is 10.4.